The largest absolute Gasteiger partial charge is 0.315 e. The Morgan fingerprint density at radius 2 is 2.29 bits per heavy atom. The van der Waals surface area contributed by atoms with Crippen molar-refractivity contribution in [3.8, 4) is 0 Å². The van der Waals surface area contributed by atoms with E-state index in [0.717, 1.165) is 18.9 Å². The van der Waals surface area contributed by atoms with Gasteiger partial charge in [-0.25, -0.2) is 4.98 Å². The van der Waals surface area contributed by atoms with E-state index in [1.54, 1.807) is 0 Å². The lowest BCUT2D eigenvalue weighted by atomic mass is 10.3. The maximum Gasteiger partial charge on any atom is 0.0934 e. The summed E-state index contributed by atoms with van der Waals surface area (Å²) in [6.07, 6.45) is 5.13. The summed E-state index contributed by atoms with van der Waals surface area (Å²) in [6.45, 7) is 3.17. The third kappa shape index (κ3) is 2.34. The normalized spacial score (nSPS) is 16.1. The molecule has 1 saturated carbocycles. The molecule has 1 aliphatic carbocycles. The second kappa shape index (κ2) is 4.41. The Morgan fingerprint density at radius 3 is 2.86 bits per heavy atom. The predicted molar refractivity (Wildman–Crippen MR) is 60.7 cm³/mol. The van der Waals surface area contributed by atoms with Crippen molar-refractivity contribution in [2.75, 3.05) is 7.05 Å². The standard InChI is InChI=1S/C11H18N2S/c1-3-9-10(7-12-2)14-11(13-9)6-8-4-5-8/h8,12H,3-7H2,1-2H3. The van der Waals surface area contributed by atoms with Crippen LogP contribution in [0.4, 0.5) is 0 Å². The van der Waals surface area contributed by atoms with Gasteiger partial charge < -0.3 is 5.32 Å². The number of aryl methyl sites for hydroxylation is 1. The van der Waals surface area contributed by atoms with Gasteiger partial charge >= 0.3 is 0 Å². The van der Waals surface area contributed by atoms with Crippen molar-refractivity contribution in [3.05, 3.63) is 15.6 Å². The molecular weight excluding hydrogens is 192 g/mol. The first-order valence-corrected chi connectivity index (χ1v) is 6.27. The van der Waals surface area contributed by atoms with E-state index in [-0.39, 0.29) is 0 Å². The molecule has 1 fully saturated rings. The van der Waals surface area contributed by atoms with E-state index in [9.17, 15) is 0 Å². The van der Waals surface area contributed by atoms with Gasteiger partial charge in [0, 0.05) is 17.8 Å². The summed E-state index contributed by atoms with van der Waals surface area (Å²) in [5.74, 6) is 0.952. The highest BCUT2D eigenvalue weighted by molar-refractivity contribution is 7.11. The molecule has 2 rings (SSSR count). The summed E-state index contributed by atoms with van der Waals surface area (Å²) in [7, 11) is 2.00. The Bertz CT molecular complexity index is 302. The summed E-state index contributed by atoms with van der Waals surface area (Å²) in [5.41, 5.74) is 1.31. The Hall–Kier alpha value is -0.410. The van der Waals surface area contributed by atoms with Crippen LogP contribution in [0.15, 0.2) is 0 Å². The first-order valence-electron chi connectivity index (χ1n) is 5.45. The molecule has 0 saturated heterocycles. The van der Waals surface area contributed by atoms with E-state index in [1.165, 1.54) is 34.8 Å². The van der Waals surface area contributed by atoms with Gasteiger partial charge in [0.15, 0.2) is 0 Å². The first kappa shape index (κ1) is 10.1. The average Bonchev–Trinajstić information content (AvgIpc) is 2.89. The average molecular weight is 210 g/mol. The third-order valence-corrected chi connectivity index (χ3v) is 3.77. The van der Waals surface area contributed by atoms with Crippen LogP contribution in [0.3, 0.4) is 0 Å². The van der Waals surface area contributed by atoms with E-state index in [0.29, 0.717) is 0 Å². The fourth-order valence-electron chi connectivity index (χ4n) is 1.67. The highest BCUT2D eigenvalue weighted by atomic mass is 32.1. The van der Waals surface area contributed by atoms with Crippen LogP contribution in [0, 0.1) is 5.92 Å². The molecule has 1 aromatic heterocycles. The molecule has 0 spiro atoms. The molecule has 1 N–H and O–H groups in total. The number of nitrogens with one attached hydrogen (secondary N) is 1. The van der Waals surface area contributed by atoms with Gasteiger partial charge in [-0.3, -0.25) is 0 Å². The van der Waals surface area contributed by atoms with E-state index < -0.39 is 0 Å². The summed E-state index contributed by atoms with van der Waals surface area (Å²) < 4.78 is 0. The van der Waals surface area contributed by atoms with Gasteiger partial charge in [-0.2, -0.15) is 0 Å². The molecule has 0 unspecified atom stereocenters. The summed E-state index contributed by atoms with van der Waals surface area (Å²) in [6, 6.07) is 0. The zero-order valence-corrected chi connectivity index (χ0v) is 9.78. The van der Waals surface area contributed by atoms with E-state index in [2.05, 4.69) is 12.2 Å². The molecule has 0 radical (unpaired) electrons. The summed E-state index contributed by atoms with van der Waals surface area (Å²) in [4.78, 5) is 6.14. The third-order valence-electron chi connectivity index (χ3n) is 2.65. The molecule has 1 heterocycles. The van der Waals surface area contributed by atoms with E-state index >= 15 is 0 Å². The highest BCUT2D eigenvalue weighted by Crippen LogP contribution is 2.34. The van der Waals surface area contributed by atoms with Gasteiger partial charge in [0.2, 0.25) is 0 Å². The molecule has 1 aromatic rings. The minimum atomic E-state index is 0.952. The SMILES string of the molecule is CCc1nc(CC2CC2)sc1CNC. The molecule has 0 bridgehead atoms. The molecule has 0 atom stereocenters. The van der Waals surface area contributed by atoms with Gasteiger partial charge in [-0.15, -0.1) is 11.3 Å². The number of rotatable bonds is 5. The Labute approximate surface area is 89.8 Å². The second-order valence-corrected chi connectivity index (χ2v) is 5.18. The predicted octanol–water partition coefficient (Wildman–Crippen LogP) is 2.38. The lowest BCUT2D eigenvalue weighted by molar-refractivity contribution is 0.802. The molecule has 0 aromatic carbocycles. The van der Waals surface area contributed by atoms with Crippen molar-refractivity contribution in [2.24, 2.45) is 5.92 Å². The lowest BCUT2D eigenvalue weighted by Crippen LogP contribution is -2.05. The van der Waals surface area contributed by atoms with Gasteiger partial charge in [0.1, 0.15) is 0 Å². The zero-order valence-electron chi connectivity index (χ0n) is 8.97. The van der Waals surface area contributed by atoms with Gasteiger partial charge in [-0.1, -0.05) is 6.92 Å². The summed E-state index contributed by atoms with van der Waals surface area (Å²) >= 11 is 1.90. The van der Waals surface area contributed by atoms with Crippen molar-refractivity contribution >= 4 is 11.3 Å². The van der Waals surface area contributed by atoms with Crippen LogP contribution >= 0.6 is 11.3 Å². The Kier molecular flexibility index (Phi) is 3.19. The fourth-order valence-corrected chi connectivity index (χ4v) is 2.95. The maximum absolute atomic E-state index is 4.71. The minimum absolute atomic E-state index is 0.952. The molecule has 14 heavy (non-hydrogen) atoms. The molecule has 78 valence electrons. The molecule has 3 heteroatoms. The van der Waals surface area contributed by atoms with Crippen molar-refractivity contribution in [3.63, 3.8) is 0 Å². The van der Waals surface area contributed by atoms with Crippen LogP contribution in [-0.4, -0.2) is 12.0 Å². The van der Waals surface area contributed by atoms with E-state index in [1.807, 2.05) is 18.4 Å². The maximum atomic E-state index is 4.71. The summed E-state index contributed by atoms with van der Waals surface area (Å²) in [5, 5.41) is 4.57. The van der Waals surface area contributed by atoms with Crippen LogP contribution in [0.2, 0.25) is 0 Å². The smallest absolute Gasteiger partial charge is 0.0934 e. The number of hydrogen-bond donors (Lipinski definition) is 1. The quantitative estimate of drug-likeness (QED) is 0.807. The van der Waals surface area contributed by atoms with E-state index in [4.69, 9.17) is 4.98 Å². The zero-order chi connectivity index (χ0) is 9.97. The van der Waals surface area contributed by atoms with Crippen molar-refractivity contribution < 1.29 is 0 Å². The Balaban J connectivity index is 2.08. The van der Waals surface area contributed by atoms with Crippen LogP contribution in [-0.2, 0) is 19.4 Å². The van der Waals surface area contributed by atoms with Gasteiger partial charge in [0.25, 0.3) is 0 Å². The van der Waals surface area contributed by atoms with Crippen LogP contribution < -0.4 is 5.32 Å². The lowest BCUT2D eigenvalue weighted by Gasteiger charge is -1.96. The molecule has 1 aliphatic rings. The Morgan fingerprint density at radius 1 is 1.50 bits per heavy atom. The molecule has 2 nitrogen and oxygen atoms in total. The number of hydrogen-bond acceptors (Lipinski definition) is 3. The number of nitrogens with zero attached hydrogens (tertiary/aromatic N) is 1. The van der Waals surface area contributed by atoms with Crippen LogP contribution in [0.5, 0.6) is 0 Å². The van der Waals surface area contributed by atoms with Gasteiger partial charge in [0.05, 0.1) is 10.7 Å². The van der Waals surface area contributed by atoms with Crippen LogP contribution in [0.1, 0.15) is 35.3 Å². The minimum Gasteiger partial charge on any atom is -0.315 e. The van der Waals surface area contributed by atoms with Crippen molar-refractivity contribution in [1.29, 1.82) is 0 Å². The highest BCUT2D eigenvalue weighted by Gasteiger charge is 2.23. The molecular formula is C11H18N2S. The topological polar surface area (TPSA) is 24.9 Å². The van der Waals surface area contributed by atoms with Crippen LogP contribution in [0.25, 0.3) is 0 Å². The first-order chi connectivity index (χ1) is 6.83. The fraction of sp³-hybridized carbons (Fsp3) is 0.727. The number of aromatic nitrogens is 1. The van der Waals surface area contributed by atoms with Crippen molar-refractivity contribution in [2.45, 2.75) is 39.2 Å². The van der Waals surface area contributed by atoms with Crippen molar-refractivity contribution in [1.82, 2.24) is 10.3 Å². The van der Waals surface area contributed by atoms with Gasteiger partial charge in [-0.05, 0) is 32.2 Å². The molecule has 0 aliphatic heterocycles. The molecule has 0 amide bonds. The second-order valence-electron chi connectivity index (χ2n) is 4.01. The number of thiazole rings is 1. The monoisotopic (exact) mass is 210 g/mol.